The summed E-state index contributed by atoms with van der Waals surface area (Å²) in [5.41, 5.74) is 2.44. The van der Waals surface area contributed by atoms with Gasteiger partial charge in [-0.2, -0.15) is 0 Å². The Hall–Kier alpha value is -1.83. The molecule has 0 aromatic heterocycles. The molecule has 21 heavy (non-hydrogen) atoms. The number of aliphatic hydroxyl groups is 1. The highest BCUT2D eigenvalue weighted by atomic mass is 16.5. The molecule has 1 aliphatic carbocycles. The lowest BCUT2D eigenvalue weighted by atomic mass is 10.0. The number of aliphatic hydroxyl groups excluding tert-OH is 1. The number of methoxy groups -OCH3 is 1. The molecule has 4 nitrogen and oxygen atoms in total. The topological polar surface area (TPSA) is 49.8 Å². The lowest BCUT2D eigenvalue weighted by Crippen LogP contribution is -2.35. The molecule has 1 saturated carbocycles. The van der Waals surface area contributed by atoms with Gasteiger partial charge in [0, 0.05) is 30.8 Å². The lowest BCUT2D eigenvalue weighted by molar-refractivity contribution is 0.0680. The van der Waals surface area contributed by atoms with Gasteiger partial charge in [0.15, 0.2) is 0 Å². The van der Waals surface area contributed by atoms with Crippen molar-refractivity contribution in [3.63, 3.8) is 0 Å². The van der Waals surface area contributed by atoms with Crippen LogP contribution in [0.1, 0.15) is 34.3 Å². The molecule has 1 aromatic rings. The second kappa shape index (κ2) is 7.26. The number of nitrogens with zero attached hydrogens (tertiary/aromatic N) is 1. The van der Waals surface area contributed by atoms with E-state index in [1.54, 1.807) is 7.11 Å². The van der Waals surface area contributed by atoms with E-state index in [2.05, 4.69) is 11.8 Å². The molecule has 0 atom stereocenters. The van der Waals surface area contributed by atoms with Crippen molar-refractivity contribution in [1.82, 2.24) is 4.90 Å². The third-order valence-corrected chi connectivity index (χ3v) is 3.57. The van der Waals surface area contributed by atoms with Crippen LogP contribution in [-0.4, -0.2) is 48.8 Å². The smallest absolute Gasteiger partial charge is 0.254 e. The van der Waals surface area contributed by atoms with Crippen molar-refractivity contribution in [1.29, 1.82) is 0 Å². The van der Waals surface area contributed by atoms with Gasteiger partial charge in [0.25, 0.3) is 5.91 Å². The summed E-state index contributed by atoms with van der Waals surface area (Å²) < 4.78 is 5.09. The Labute approximate surface area is 125 Å². The second-order valence-corrected chi connectivity index (χ2v) is 5.21. The molecular weight excluding hydrogens is 266 g/mol. The summed E-state index contributed by atoms with van der Waals surface area (Å²) >= 11 is 0. The van der Waals surface area contributed by atoms with Gasteiger partial charge in [-0.25, -0.2) is 0 Å². The maximum atomic E-state index is 12.6. The van der Waals surface area contributed by atoms with Crippen LogP contribution in [0, 0.1) is 18.8 Å². The molecule has 0 saturated heterocycles. The molecule has 1 N–H and O–H groups in total. The van der Waals surface area contributed by atoms with Crippen molar-refractivity contribution in [3.8, 4) is 11.8 Å². The Kier molecular flexibility index (Phi) is 5.38. The summed E-state index contributed by atoms with van der Waals surface area (Å²) in [5.74, 6) is 5.55. The minimum atomic E-state index is -0.181. The van der Waals surface area contributed by atoms with Crippen LogP contribution in [0.2, 0.25) is 0 Å². The van der Waals surface area contributed by atoms with Gasteiger partial charge in [-0.3, -0.25) is 4.79 Å². The van der Waals surface area contributed by atoms with Crippen molar-refractivity contribution in [2.24, 2.45) is 0 Å². The van der Waals surface area contributed by atoms with E-state index < -0.39 is 0 Å². The lowest BCUT2D eigenvalue weighted by Gasteiger charge is -2.22. The summed E-state index contributed by atoms with van der Waals surface area (Å²) in [4.78, 5) is 14.5. The van der Waals surface area contributed by atoms with Crippen LogP contribution in [0.15, 0.2) is 18.2 Å². The van der Waals surface area contributed by atoms with E-state index in [0.717, 1.165) is 24.0 Å². The minimum Gasteiger partial charge on any atom is -0.384 e. The van der Waals surface area contributed by atoms with Gasteiger partial charge in [0.2, 0.25) is 0 Å². The van der Waals surface area contributed by atoms with Crippen LogP contribution in [0.4, 0.5) is 0 Å². The zero-order valence-electron chi connectivity index (χ0n) is 12.6. The van der Waals surface area contributed by atoms with Crippen molar-refractivity contribution in [3.05, 3.63) is 34.9 Å². The van der Waals surface area contributed by atoms with Gasteiger partial charge >= 0.3 is 0 Å². The van der Waals surface area contributed by atoms with E-state index in [0.29, 0.717) is 24.8 Å². The van der Waals surface area contributed by atoms with Gasteiger partial charge < -0.3 is 14.7 Å². The highest BCUT2D eigenvalue weighted by Gasteiger charge is 2.32. The maximum absolute atomic E-state index is 12.6. The number of hydrogen-bond donors (Lipinski definition) is 1. The number of ether oxygens (including phenoxy) is 1. The van der Waals surface area contributed by atoms with E-state index in [1.807, 2.05) is 30.0 Å². The predicted octanol–water partition coefficient (Wildman–Crippen LogP) is 1.59. The molecule has 1 fully saturated rings. The molecule has 1 aromatic carbocycles. The minimum absolute atomic E-state index is 0.0293. The van der Waals surface area contributed by atoms with Crippen LogP contribution in [0.25, 0.3) is 0 Å². The fraction of sp³-hybridized carbons (Fsp3) is 0.471. The quantitative estimate of drug-likeness (QED) is 0.837. The van der Waals surface area contributed by atoms with Crippen molar-refractivity contribution >= 4 is 5.91 Å². The number of rotatable bonds is 5. The summed E-state index contributed by atoms with van der Waals surface area (Å²) in [6, 6.07) is 5.89. The number of carbonyl (C=O) groups is 1. The Bertz CT molecular complexity index is 567. The zero-order valence-corrected chi connectivity index (χ0v) is 12.6. The average Bonchev–Trinajstić information content (AvgIpc) is 3.31. The standard InChI is InChI=1S/C17H21NO3/c1-13-5-6-15(12-14(13)4-3-10-19)17(20)18(9-11-21-2)16-7-8-16/h5-6,12,16,19H,7-11H2,1-2H3. The number of hydrogen-bond acceptors (Lipinski definition) is 3. The van der Waals surface area contributed by atoms with Gasteiger partial charge in [-0.15, -0.1) is 0 Å². The normalized spacial score (nSPS) is 13.5. The van der Waals surface area contributed by atoms with E-state index in [-0.39, 0.29) is 12.5 Å². The molecule has 0 aliphatic heterocycles. The SMILES string of the molecule is COCCN(C(=O)c1ccc(C)c(C#CCO)c1)C1CC1. The third kappa shape index (κ3) is 4.07. The molecular formula is C17H21NO3. The van der Waals surface area contributed by atoms with Crippen molar-refractivity contribution < 1.29 is 14.6 Å². The van der Waals surface area contributed by atoms with E-state index in [4.69, 9.17) is 9.84 Å². The fourth-order valence-electron chi connectivity index (χ4n) is 2.22. The van der Waals surface area contributed by atoms with Crippen LogP contribution in [-0.2, 0) is 4.74 Å². The molecule has 2 rings (SSSR count). The first kappa shape index (κ1) is 15.6. The molecule has 0 spiro atoms. The fourth-order valence-corrected chi connectivity index (χ4v) is 2.22. The molecule has 112 valence electrons. The highest BCUT2D eigenvalue weighted by molar-refractivity contribution is 5.95. The zero-order chi connectivity index (χ0) is 15.2. The van der Waals surface area contributed by atoms with E-state index in [1.165, 1.54) is 0 Å². The maximum Gasteiger partial charge on any atom is 0.254 e. The molecule has 4 heteroatoms. The molecule has 1 amide bonds. The number of carbonyl (C=O) groups excluding carboxylic acids is 1. The van der Waals surface area contributed by atoms with Gasteiger partial charge in [0.1, 0.15) is 6.61 Å². The first-order valence-electron chi connectivity index (χ1n) is 7.17. The molecule has 0 unspecified atom stereocenters. The van der Waals surface area contributed by atoms with Crippen LogP contribution < -0.4 is 0 Å². The molecule has 0 heterocycles. The van der Waals surface area contributed by atoms with Crippen LogP contribution >= 0.6 is 0 Å². The van der Waals surface area contributed by atoms with E-state index in [9.17, 15) is 4.79 Å². The summed E-state index contributed by atoms with van der Waals surface area (Å²) in [6.45, 7) is 2.93. The Balaban J connectivity index is 2.20. The largest absolute Gasteiger partial charge is 0.384 e. The number of aryl methyl sites for hydroxylation is 1. The first-order chi connectivity index (χ1) is 10.2. The second-order valence-electron chi connectivity index (χ2n) is 5.21. The third-order valence-electron chi connectivity index (χ3n) is 3.57. The van der Waals surface area contributed by atoms with Crippen LogP contribution in [0.3, 0.4) is 0 Å². The molecule has 0 radical (unpaired) electrons. The van der Waals surface area contributed by atoms with Crippen molar-refractivity contribution in [2.45, 2.75) is 25.8 Å². The Morgan fingerprint density at radius 2 is 2.24 bits per heavy atom. The van der Waals surface area contributed by atoms with E-state index >= 15 is 0 Å². The van der Waals surface area contributed by atoms with Crippen LogP contribution in [0.5, 0.6) is 0 Å². The summed E-state index contributed by atoms with van der Waals surface area (Å²) in [6.07, 6.45) is 2.14. The van der Waals surface area contributed by atoms with Crippen molar-refractivity contribution in [2.75, 3.05) is 26.9 Å². The Morgan fingerprint density at radius 3 is 2.86 bits per heavy atom. The summed E-state index contributed by atoms with van der Waals surface area (Å²) in [5, 5.41) is 8.80. The van der Waals surface area contributed by atoms with Gasteiger partial charge in [-0.05, 0) is 37.5 Å². The molecule has 0 bridgehead atoms. The van der Waals surface area contributed by atoms with Gasteiger partial charge in [0.05, 0.1) is 6.61 Å². The Morgan fingerprint density at radius 1 is 1.48 bits per heavy atom. The van der Waals surface area contributed by atoms with Gasteiger partial charge in [-0.1, -0.05) is 17.9 Å². The highest BCUT2D eigenvalue weighted by Crippen LogP contribution is 2.28. The average molecular weight is 287 g/mol. The number of amides is 1. The first-order valence-corrected chi connectivity index (χ1v) is 7.17. The monoisotopic (exact) mass is 287 g/mol. The molecule has 1 aliphatic rings. The predicted molar refractivity (Wildman–Crippen MR) is 81.1 cm³/mol. The number of benzene rings is 1. The summed E-state index contributed by atoms with van der Waals surface area (Å²) in [7, 11) is 1.64.